The summed E-state index contributed by atoms with van der Waals surface area (Å²) in [6.07, 6.45) is 0.308. The van der Waals surface area contributed by atoms with Crippen LogP contribution in [0.2, 0.25) is 0 Å². The minimum Gasteiger partial charge on any atom is -0.497 e. The fourth-order valence-electron chi connectivity index (χ4n) is 2.98. The minimum absolute atomic E-state index is 0.0270. The van der Waals surface area contributed by atoms with Crippen LogP contribution < -0.4 is 15.0 Å². The number of carbonyl (C=O) groups is 2. The van der Waals surface area contributed by atoms with Crippen LogP contribution in [0.5, 0.6) is 5.75 Å². The molecule has 25 heavy (non-hydrogen) atoms. The molecule has 1 fully saturated rings. The maximum atomic E-state index is 12.4. The van der Waals surface area contributed by atoms with Crippen molar-refractivity contribution in [3.8, 4) is 5.75 Å². The Bertz CT molecular complexity index is 816. The van der Waals surface area contributed by atoms with Gasteiger partial charge in [0.1, 0.15) is 5.75 Å². The van der Waals surface area contributed by atoms with Crippen LogP contribution in [0.25, 0.3) is 0 Å². The first-order valence-electron chi connectivity index (χ1n) is 8.30. The summed E-state index contributed by atoms with van der Waals surface area (Å²) in [5.74, 6) is 0.463. The first-order valence-corrected chi connectivity index (χ1v) is 8.30. The van der Waals surface area contributed by atoms with Gasteiger partial charge in [0.25, 0.3) is 5.91 Å². The topological polar surface area (TPSA) is 58.6 Å². The molecule has 1 atom stereocenters. The van der Waals surface area contributed by atoms with Crippen molar-refractivity contribution >= 4 is 17.5 Å². The highest BCUT2D eigenvalue weighted by Gasteiger charge is 2.31. The van der Waals surface area contributed by atoms with Crippen LogP contribution in [0.15, 0.2) is 42.5 Å². The molecule has 1 N–H and O–H groups in total. The molecule has 5 nitrogen and oxygen atoms in total. The van der Waals surface area contributed by atoms with Crippen molar-refractivity contribution in [2.45, 2.75) is 26.3 Å². The molecule has 1 aliphatic rings. The second kappa shape index (κ2) is 6.97. The van der Waals surface area contributed by atoms with E-state index in [4.69, 9.17) is 4.74 Å². The largest absolute Gasteiger partial charge is 0.497 e. The standard InChI is InChI=1S/C20H22N2O3/c1-13-7-8-17(9-14(13)2)22-12-16(11-19(22)23)21-20(24)15-5-4-6-18(10-15)25-3/h4-10,16H,11-12H2,1-3H3,(H,21,24)/t16-/m1/s1. The Kier molecular flexibility index (Phi) is 4.74. The number of nitrogens with zero attached hydrogens (tertiary/aromatic N) is 1. The Labute approximate surface area is 147 Å². The molecule has 0 unspecified atom stereocenters. The van der Waals surface area contributed by atoms with E-state index >= 15 is 0 Å². The molecule has 0 spiro atoms. The van der Waals surface area contributed by atoms with E-state index in [1.54, 1.807) is 36.3 Å². The first kappa shape index (κ1) is 17.0. The van der Waals surface area contributed by atoms with Crippen molar-refractivity contribution in [3.05, 3.63) is 59.2 Å². The van der Waals surface area contributed by atoms with Crippen LogP contribution in [0.4, 0.5) is 5.69 Å². The van der Waals surface area contributed by atoms with Crippen LogP contribution in [0, 0.1) is 13.8 Å². The van der Waals surface area contributed by atoms with Gasteiger partial charge >= 0.3 is 0 Å². The lowest BCUT2D eigenvalue weighted by Crippen LogP contribution is -2.37. The summed E-state index contributed by atoms with van der Waals surface area (Å²) < 4.78 is 5.15. The highest BCUT2D eigenvalue weighted by Crippen LogP contribution is 2.24. The second-order valence-electron chi connectivity index (χ2n) is 6.38. The number of methoxy groups -OCH3 is 1. The fraction of sp³-hybridized carbons (Fsp3) is 0.300. The van der Waals surface area contributed by atoms with Gasteiger partial charge in [0, 0.05) is 24.2 Å². The Morgan fingerprint density at radius 1 is 1.16 bits per heavy atom. The molecule has 2 aromatic rings. The van der Waals surface area contributed by atoms with E-state index in [-0.39, 0.29) is 17.9 Å². The minimum atomic E-state index is -0.201. The molecule has 0 bridgehead atoms. The van der Waals surface area contributed by atoms with Gasteiger partial charge in [-0.05, 0) is 55.3 Å². The van der Waals surface area contributed by atoms with Gasteiger partial charge in [0.05, 0.1) is 13.2 Å². The first-order chi connectivity index (χ1) is 12.0. The zero-order chi connectivity index (χ0) is 18.0. The lowest BCUT2D eigenvalue weighted by molar-refractivity contribution is -0.117. The van der Waals surface area contributed by atoms with Gasteiger partial charge in [-0.2, -0.15) is 0 Å². The van der Waals surface area contributed by atoms with Gasteiger partial charge in [-0.25, -0.2) is 0 Å². The lowest BCUT2D eigenvalue weighted by atomic mass is 10.1. The van der Waals surface area contributed by atoms with Crippen molar-refractivity contribution in [2.24, 2.45) is 0 Å². The van der Waals surface area contributed by atoms with Crippen molar-refractivity contribution in [1.82, 2.24) is 5.32 Å². The molecule has 1 saturated heterocycles. The summed E-state index contributed by atoms with van der Waals surface area (Å²) >= 11 is 0. The summed E-state index contributed by atoms with van der Waals surface area (Å²) in [6, 6.07) is 12.8. The van der Waals surface area contributed by atoms with Gasteiger partial charge < -0.3 is 15.0 Å². The van der Waals surface area contributed by atoms with E-state index in [0.717, 1.165) is 11.3 Å². The average Bonchev–Trinajstić information content (AvgIpc) is 2.97. The Morgan fingerprint density at radius 3 is 2.68 bits per heavy atom. The van der Waals surface area contributed by atoms with Crippen LogP contribution in [0.1, 0.15) is 27.9 Å². The third kappa shape index (κ3) is 3.65. The normalized spacial score (nSPS) is 16.8. The molecule has 130 valence electrons. The molecule has 0 aliphatic carbocycles. The Balaban J connectivity index is 1.69. The predicted octanol–water partition coefficient (Wildman–Crippen LogP) is 2.85. The van der Waals surface area contributed by atoms with Crippen LogP contribution >= 0.6 is 0 Å². The molecule has 2 amide bonds. The molecule has 1 heterocycles. The van der Waals surface area contributed by atoms with E-state index in [2.05, 4.69) is 5.32 Å². The van der Waals surface area contributed by atoms with Crippen molar-refractivity contribution in [2.75, 3.05) is 18.6 Å². The van der Waals surface area contributed by atoms with Gasteiger partial charge in [0.2, 0.25) is 5.91 Å². The lowest BCUT2D eigenvalue weighted by Gasteiger charge is -2.18. The fourth-order valence-corrected chi connectivity index (χ4v) is 2.98. The third-order valence-electron chi connectivity index (χ3n) is 4.59. The summed E-state index contributed by atoms with van der Waals surface area (Å²) in [5.41, 5.74) is 3.75. The summed E-state index contributed by atoms with van der Waals surface area (Å²) in [6.45, 7) is 4.56. The summed E-state index contributed by atoms with van der Waals surface area (Å²) in [4.78, 5) is 26.5. The molecular formula is C20H22N2O3. The number of ether oxygens (including phenoxy) is 1. The van der Waals surface area contributed by atoms with E-state index in [0.29, 0.717) is 24.3 Å². The number of hydrogen-bond acceptors (Lipinski definition) is 3. The number of rotatable bonds is 4. The number of nitrogens with one attached hydrogen (secondary N) is 1. The van der Waals surface area contributed by atoms with Gasteiger partial charge in [-0.3, -0.25) is 9.59 Å². The SMILES string of the molecule is COc1cccc(C(=O)N[C@@H]2CC(=O)N(c3ccc(C)c(C)c3)C2)c1. The number of carbonyl (C=O) groups excluding carboxylic acids is 2. The van der Waals surface area contributed by atoms with Crippen molar-refractivity contribution in [3.63, 3.8) is 0 Å². The van der Waals surface area contributed by atoms with Gasteiger partial charge in [-0.1, -0.05) is 12.1 Å². The molecule has 0 aromatic heterocycles. The molecular weight excluding hydrogens is 316 g/mol. The van der Waals surface area contributed by atoms with Crippen molar-refractivity contribution < 1.29 is 14.3 Å². The maximum Gasteiger partial charge on any atom is 0.251 e. The van der Waals surface area contributed by atoms with E-state index in [1.807, 2.05) is 32.0 Å². The number of anilines is 1. The monoisotopic (exact) mass is 338 g/mol. The Hall–Kier alpha value is -2.82. The number of benzene rings is 2. The number of amides is 2. The van der Waals surface area contributed by atoms with Crippen LogP contribution in [-0.4, -0.2) is 31.5 Å². The second-order valence-corrected chi connectivity index (χ2v) is 6.38. The maximum absolute atomic E-state index is 12.4. The van der Waals surface area contributed by atoms with Gasteiger partial charge in [-0.15, -0.1) is 0 Å². The highest BCUT2D eigenvalue weighted by atomic mass is 16.5. The molecule has 0 saturated carbocycles. The summed E-state index contributed by atoms with van der Waals surface area (Å²) in [7, 11) is 1.56. The molecule has 0 radical (unpaired) electrons. The zero-order valence-electron chi connectivity index (χ0n) is 14.7. The smallest absolute Gasteiger partial charge is 0.251 e. The Morgan fingerprint density at radius 2 is 1.96 bits per heavy atom. The van der Waals surface area contributed by atoms with E-state index in [1.165, 1.54) is 5.56 Å². The number of aryl methyl sites for hydroxylation is 2. The van der Waals surface area contributed by atoms with Crippen molar-refractivity contribution in [1.29, 1.82) is 0 Å². The van der Waals surface area contributed by atoms with Crippen LogP contribution in [-0.2, 0) is 4.79 Å². The zero-order valence-corrected chi connectivity index (χ0v) is 14.7. The predicted molar refractivity (Wildman–Crippen MR) is 97.1 cm³/mol. The molecule has 1 aliphatic heterocycles. The molecule has 3 rings (SSSR count). The summed E-state index contributed by atoms with van der Waals surface area (Å²) in [5, 5.41) is 2.95. The molecule has 2 aromatic carbocycles. The molecule has 5 heteroatoms. The van der Waals surface area contributed by atoms with E-state index in [9.17, 15) is 9.59 Å². The highest BCUT2D eigenvalue weighted by molar-refractivity contribution is 5.99. The number of hydrogen-bond donors (Lipinski definition) is 1. The van der Waals surface area contributed by atoms with E-state index < -0.39 is 0 Å². The quantitative estimate of drug-likeness (QED) is 0.932. The van der Waals surface area contributed by atoms with Gasteiger partial charge in [0.15, 0.2) is 0 Å². The van der Waals surface area contributed by atoms with Crippen LogP contribution in [0.3, 0.4) is 0 Å². The average molecular weight is 338 g/mol. The third-order valence-corrected chi connectivity index (χ3v) is 4.59.